The highest BCUT2D eigenvalue weighted by Gasteiger charge is 2.48. The molecule has 3 unspecified atom stereocenters. The van der Waals surface area contributed by atoms with Crippen LogP contribution in [0.5, 0.6) is 0 Å². The second-order valence-corrected chi connectivity index (χ2v) is 14.5. The van der Waals surface area contributed by atoms with Crippen LogP contribution in [0.1, 0.15) is 36.1 Å². The Bertz CT molecular complexity index is 1840. The molecule has 4 N–H and O–H groups in total. The van der Waals surface area contributed by atoms with Gasteiger partial charge in [0.05, 0.1) is 28.7 Å². The van der Waals surface area contributed by atoms with E-state index in [1.165, 1.54) is 31.4 Å². The molecule has 0 spiro atoms. The van der Waals surface area contributed by atoms with Crippen molar-refractivity contribution in [2.75, 3.05) is 17.8 Å². The molecule has 12 heteroatoms. The van der Waals surface area contributed by atoms with E-state index in [-0.39, 0.29) is 28.6 Å². The fourth-order valence-corrected chi connectivity index (χ4v) is 8.02. The third-order valence-corrected chi connectivity index (χ3v) is 11.1. The molecule has 8 atom stereocenters. The van der Waals surface area contributed by atoms with Crippen LogP contribution in [0.15, 0.2) is 108 Å². The van der Waals surface area contributed by atoms with E-state index in [0.717, 1.165) is 22.4 Å². The smallest absolute Gasteiger partial charge is 0.233 e. The second kappa shape index (κ2) is 14.5. The van der Waals surface area contributed by atoms with Gasteiger partial charge in [-0.15, -0.1) is 0 Å². The normalized spacial score (nSPS) is 26.3. The van der Waals surface area contributed by atoms with Crippen molar-refractivity contribution in [3.63, 3.8) is 0 Å². The summed E-state index contributed by atoms with van der Waals surface area (Å²) in [5.41, 5.74) is 3.83. The van der Waals surface area contributed by atoms with Crippen molar-refractivity contribution < 1.29 is 47.5 Å². The molecule has 258 valence electrons. The first-order valence-electron chi connectivity index (χ1n) is 16.0. The van der Waals surface area contributed by atoms with E-state index in [1.807, 2.05) is 54.6 Å². The van der Waals surface area contributed by atoms with Crippen LogP contribution >= 0.6 is 0 Å². The van der Waals surface area contributed by atoms with Crippen molar-refractivity contribution in [3.05, 3.63) is 120 Å². The molecule has 2 aliphatic rings. The molecule has 4 aromatic rings. The van der Waals surface area contributed by atoms with Gasteiger partial charge in [-0.05, 0) is 71.5 Å². The van der Waals surface area contributed by atoms with Crippen molar-refractivity contribution in [1.29, 1.82) is 0 Å². The number of amides is 1. The lowest BCUT2D eigenvalue weighted by molar-refractivity contribution is -0.285. The van der Waals surface area contributed by atoms with Crippen molar-refractivity contribution in [2.24, 2.45) is 5.92 Å². The molecule has 0 radical (unpaired) electrons. The molecule has 1 amide bonds. The lowest BCUT2D eigenvalue weighted by Gasteiger charge is -2.48. The lowest BCUT2D eigenvalue weighted by atomic mass is 9.78. The Balaban J connectivity index is 1.17. The summed E-state index contributed by atoms with van der Waals surface area (Å²) < 4.78 is 50.1. The Labute approximate surface area is 283 Å². The maximum absolute atomic E-state index is 13.4. The summed E-state index contributed by atoms with van der Waals surface area (Å²) in [6.07, 6.45) is -7.47. The van der Waals surface area contributed by atoms with Gasteiger partial charge in [0.2, 0.25) is 5.91 Å². The topological polar surface area (TPSA) is 154 Å². The minimum absolute atomic E-state index is 0.00426. The number of sulfone groups is 1. The van der Waals surface area contributed by atoms with Gasteiger partial charge in [0, 0.05) is 12.8 Å². The predicted molar refractivity (Wildman–Crippen MR) is 178 cm³/mol. The van der Waals surface area contributed by atoms with Gasteiger partial charge < -0.3 is 34.8 Å². The highest BCUT2D eigenvalue weighted by atomic mass is 32.2. The summed E-state index contributed by atoms with van der Waals surface area (Å²) in [5, 5.41) is 41.2. The molecule has 49 heavy (non-hydrogen) atoms. The molecule has 0 aliphatic carbocycles. The zero-order chi connectivity index (χ0) is 34.9. The number of benzene rings is 4. The number of nitrogens with zero attached hydrogens (tertiary/aromatic N) is 1. The van der Waals surface area contributed by atoms with Gasteiger partial charge in [0.25, 0.3) is 0 Å². The quantitative estimate of drug-likeness (QED) is 0.171. The summed E-state index contributed by atoms with van der Waals surface area (Å²) in [4.78, 5) is 15.2. The van der Waals surface area contributed by atoms with Crippen molar-refractivity contribution in [3.8, 4) is 11.1 Å². The highest BCUT2D eigenvalue weighted by Crippen LogP contribution is 2.46. The van der Waals surface area contributed by atoms with E-state index in [2.05, 4.69) is 0 Å². The van der Waals surface area contributed by atoms with Gasteiger partial charge in [0.1, 0.15) is 30.2 Å². The zero-order valence-corrected chi connectivity index (χ0v) is 27.4. The summed E-state index contributed by atoms with van der Waals surface area (Å²) in [7, 11) is -2.72. The average molecular weight is 692 g/mol. The van der Waals surface area contributed by atoms with E-state index >= 15 is 0 Å². The molecule has 0 saturated carbocycles. The van der Waals surface area contributed by atoms with E-state index in [0.29, 0.717) is 18.4 Å². The van der Waals surface area contributed by atoms with Crippen LogP contribution in [0.3, 0.4) is 0 Å². The van der Waals surface area contributed by atoms with Crippen LogP contribution in [-0.4, -0.2) is 78.3 Å². The number of para-hydroxylation sites is 1. The summed E-state index contributed by atoms with van der Waals surface area (Å²) in [6, 6.07) is 28.7. The SMILES string of the molecule is CO[C@H]1OC(CS(=O)(=O)c2ccc(-c3ccc([C@@H]4[C@@H](CC[C@H](O)c5ccc(F)cc5)C(=O)N4c4ccccc4)cc3)cc2)[C@@H](O)C(O)C1O. The zero-order valence-electron chi connectivity index (χ0n) is 26.6. The first-order chi connectivity index (χ1) is 23.5. The number of ether oxygens (including phenoxy) is 2. The summed E-state index contributed by atoms with van der Waals surface area (Å²) in [6.45, 7) is 0. The Morgan fingerprint density at radius 2 is 1.45 bits per heavy atom. The third kappa shape index (κ3) is 7.17. The molecular formula is C37H38FNO9S. The molecule has 2 aliphatic heterocycles. The third-order valence-electron chi connectivity index (χ3n) is 9.34. The van der Waals surface area contributed by atoms with Gasteiger partial charge in [-0.25, -0.2) is 12.8 Å². The Morgan fingerprint density at radius 1 is 0.837 bits per heavy atom. The van der Waals surface area contributed by atoms with Crippen LogP contribution in [0, 0.1) is 11.7 Å². The fraction of sp³-hybridized carbons (Fsp3) is 0.324. The molecule has 0 bridgehead atoms. The maximum Gasteiger partial charge on any atom is 0.233 e. The van der Waals surface area contributed by atoms with Gasteiger partial charge in [0.15, 0.2) is 16.1 Å². The van der Waals surface area contributed by atoms with Crippen LogP contribution in [0.4, 0.5) is 10.1 Å². The van der Waals surface area contributed by atoms with Gasteiger partial charge in [-0.2, -0.15) is 0 Å². The average Bonchev–Trinajstić information content (AvgIpc) is 3.11. The Morgan fingerprint density at radius 3 is 2.06 bits per heavy atom. The number of carbonyl (C=O) groups is 1. The number of aliphatic hydroxyl groups is 4. The monoisotopic (exact) mass is 691 g/mol. The molecule has 2 fully saturated rings. The second-order valence-electron chi connectivity index (χ2n) is 12.4. The van der Waals surface area contributed by atoms with Crippen LogP contribution in [0.25, 0.3) is 11.1 Å². The number of halogens is 1. The minimum atomic E-state index is -3.96. The number of hydrogen-bond acceptors (Lipinski definition) is 9. The van der Waals surface area contributed by atoms with Crippen LogP contribution < -0.4 is 4.90 Å². The molecule has 6 rings (SSSR count). The van der Waals surface area contributed by atoms with E-state index < -0.39 is 52.4 Å². The highest BCUT2D eigenvalue weighted by molar-refractivity contribution is 7.91. The standard InChI is InChI=1S/C37H38FNO9S/c1-47-37-35(43)34(42)33(41)31(48-37)21-49(45,46)28-17-13-23(14-18-28)22-7-9-25(10-8-22)32-29(36(44)39(32)27-5-3-2-4-6-27)19-20-30(40)24-11-15-26(38)16-12-24/h2-18,29-35,37,40-43H,19-21H2,1H3/t29-,30+,31?,32-,33-,34?,35?,37+/m1/s1. The van der Waals surface area contributed by atoms with Crippen molar-refractivity contribution >= 4 is 21.4 Å². The van der Waals surface area contributed by atoms with Crippen molar-refractivity contribution in [1.82, 2.24) is 0 Å². The lowest BCUT2D eigenvalue weighted by Crippen LogP contribution is -2.59. The van der Waals surface area contributed by atoms with Gasteiger partial charge >= 0.3 is 0 Å². The molecule has 10 nitrogen and oxygen atoms in total. The first-order valence-corrected chi connectivity index (χ1v) is 17.6. The largest absolute Gasteiger partial charge is 0.388 e. The number of carbonyl (C=O) groups excluding carboxylic acids is 1. The molecule has 0 aromatic heterocycles. The van der Waals surface area contributed by atoms with E-state index in [4.69, 9.17) is 9.47 Å². The summed E-state index contributed by atoms with van der Waals surface area (Å²) >= 11 is 0. The Kier molecular flexibility index (Phi) is 10.3. The molecule has 2 saturated heterocycles. The fourth-order valence-electron chi connectivity index (χ4n) is 6.57. The molecular weight excluding hydrogens is 653 g/mol. The van der Waals surface area contributed by atoms with Crippen LogP contribution in [-0.2, 0) is 24.1 Å². The van der Waals surface area contributed by atoms with Crippen molar-refractivity contribution in [2.45, 2.75) is 60.6 Å². The number of rotatable bonds is 11. The summed E-state index contributed by atoms with van der Waals surface area (Å²) in [5.74, 6) is -1.44. The minimum Gasteiger partial charge on any atom is -0.388 e. The van der Waals surface area contributed by atoms with Gasteiger partial charge in [-0.1, -0.05) is 66.7 Å². The maximum atomic E-state index is 13.4. The molecule has 4 aromatic carbocycles. The van der Waals surface area contributed by atoms with E-state index in [9.17, 15) is 38.0 Å². The number of β-lactam (4-membered cyclic amide) rings is 1. The van der Waals surface area contributed by atoms with Gasteiger partial charge in [-0.3, -0.25) is 4.79 Å². The predicted octanol–water partition coefficient (Wildman–Crippen LogP) is 3.94. The number of hydrogen-bond donors (Lipinski definition) is 4. The van der Waals surface area contributed by atoms with Crippen LogP contribution in [0.2, 0.25) is 0 Å². The molecule has 2 heterocycles. The number of methoxy groups -OCH3 is 1. The number of aliphatic hydroxyl groups excluding tert-OH is 4. The Hall–Kier alpha value is -4.01. The first kappa shape index (κ1) is 34.8. The van der Waals surface area contributed by atoms with E-state index in [1.54, 1.807) is 29.2 Å². The number of anilines is 1.